The highest BCUT2D eigenvalue weighted by Crippen LogP contribution is 2.25. The van der Waals surface area contributed by atoms with Crippen molar-refractivity contribution < 1.29 is 19.4 Å². The van der Waals surface area contributed by atoms with Crippen LogP contribution in [0.2, 0.25) is 0 Å². The van der Waals surface area contributed by atoms with Gasteiger partial charge in [-0.15, -0.1) is 20.4 Å². The lowest BCUT2D eigenvalue weighted by Crippen LogP contribution is -2.38. The highest BCUT2D eigenvalue weighted by molar-refractivity contribution is 5.94. The maximum atomic E-state index is 12.8. The third kappa shape index (κ3) is 7.70. The number of ether oxygens (including phenoxy) is 1. The zero-order valence-electron chi connectivity index (χ0n) is 22.3. The number of phenolic OH excluding ortho intramolecular Hbond substituents is 1. The molecule has 0 aliphatic rings. The van der Waals surface area contributed by atoms with E-state index in [2.05, 4.69) is 25.7 Å². The number of aromatic nitrogens is 4. The first-order valence-electron chi connectivity index (χ1n) is 12.0. The number of amides is 2. The Kier molecular flexibility index (Phi) is 8.10. The van der Waals surface area contributed by atoms with E-state index in [-0.39, 0.29) is 17.5 Å². The molecule has 2 amide bonds. The second-order valence-electron chi connectivity index (χ2n) is 10.8. The van der Waals surface area contributed by atoms with Crippen molar-refractivity contribution in [2.75, 3.05) is 12.4 Å². The van der Waals surface area contributed by atoms with Crippen molar-refractivity contribution >= 4 is 17.7 Å². The van der Waals surface area contributed by atoms with Crippen LogP contribution in [0, 0.1) is 5.41 Å². The first kappa shape index (κ1) is 27.5. The Hall–Kier alpha value is -4.08. The summed E-state index contributed by atoms with van der Waals surface area (Å²) >= 11 is 0. The average molecular weight is 507 g/mol. The van der Waals surface area contributed by atoms with Crippen LogP contribution in [0.1, 0.15) is 59.0 Å². The summed E-state index contributed by atoms with van der Waals surface area (Å²) in [6.45, 7) is 10.9. The zero-order valence-corrected chi connectivity index (χ0v) is 22.3. The van der Waals surface area contributed by atoms with E-state index in [1.54, 1.807) is 76.3 Å². The molecular weight excluding hydrogens is 472 g/mol. The molecule has 1 atom stereocenters. The number of aromatic hydroxyl groups is 1. The molecule has 0 aliphatic carbocycles. The Morgan fingerprint density at radius 2 is 1.49 bits per heavy atom. The molecule has 10 nitrogen and oxygen atoms in total. The van der Waals surface area contributed by atoms with Crippen molar-refractivity contribution in [3.8, 4) is 17.1 Å². The van der Waals surface area contributed by atoms with Crippen LogP contribution in [0.5, 0.6) is 5.75 Å². The van der Waals surface area contributed by atoms with Crippen molar-refractivity contribution in [3.05, 3.63) is 59.9 Å². The monoisotopic (exact) mass is 506 g/mol. The molecule has 3 rings (SSSR count). The highest BCUT2D eigenvalue weighted by atomic mass is 16.6. The molecule has 2 aromatic carbocycles. The van der Waals surface area contributed by atoms with Gasteiger partial charge in [0.05, 0.1) is 0 Å². The Bertz CT molecular complexity index is 1210. The minimum atomic E-state index is -0.672. The summed E-state index contributed by atoms with van der Waals surface area (Å²) < 4.78 is 5.53. The van der Waals surface area contributed by atoms with Crippen LogP contribution in [0.4, 0.5) is 10.5 Å². The molecule has 0 radical (unpaired) electrons. The van der Waals surface area contributed by atoms with Gasteiger partial charge in [-0.1, -0.05) is 32.9 Å². The molecule has 2 N–H and O–H groups in total. The third-order valence-electron chi connectivity index (χ3n) is 5.39. The SMILES string of the molecule is CN(C(=O)OC(C)(C)C)C(Cc1ccc(O)cc1)c1nnc(-c2ccc(NC(=O)C(C)(C)C)cc2)nn1. The van der Waals surface area contributed by atoms with E-state index in [0.29, 0.717) is 23.5 Å². The fourth-order valence-electron chi connectivity index (χ4n) is 3.23. The zero-order chi connectivity index (χ0) is 27.4. The van der Waals surface area contributed by atoms with Crippen molar-refractivity contribution in [1.82, 2.24) is 25.3 Å². The topological polar surface area (TPSA) is 130 Å². The molecule has 0 saturated carbocycles. The van der Waals surface area contributed by atoms with Gasteiger partial charge in [-0.05, 0) is 62.7 Å². The molecule has 0 fully saturated rings. The van der Waals surface area contributed by atoms with Crippen LogP contribution in [0.25, 0.3) is 11.4 Å². The van der Waals surface area contributed by atoms with Crippen LogP contribution in [0.3, 0.4) is 0 Å². The van der Waals surface area contributed by atoms with Crippen LogP contribution in [-0.4, -0.2) is 55.1 Å². The molecular formula is C27H34N6O4. The number of nitrogens with one attached hydrogen (secondary N) is 1. The van der Waals surface area contributed by atoms with Gasteiger partial charge in [0, 0.05) is 30.1 Å². The summed E-state index contributed by atoms with van der Waals surface area (Å²) in [4.78, 5) is 26.4. The maximum absolute atomic E-state index is 12.8. The fraction of sp³-hybridized carbons (Fsp3) is 0.407. The molecule has 0 spiro atoms. The Morgan fingerprint density at radius 3 is 2.00 bits per heavy atom. The fourth-order valence-corrected chi connectivity index (χ4v) is 3.23. The number of carbonyl (C=O) groups excluding carboxylic acids is 2. The van der Waals surface area contributed by atoms with E-state index in [0.717, 1.165) is 5.56 Å². The van der Waals surface area contributed by atoms with Gasteiger partial charge >= 0.3 is 6.09 Å². The van der Waals surface area contributed by atoms with E-state index in [1.807, 2.05) is 20.8 Å². The first-order valence-corrected chi connectivity index (χ1v) is 12.0. The van der Waals surface area contributed by atoms with E-state index in [1.165, 1.54) is 4.90 Å². The van der Waals surface area contributed by atoms with Crippen LogP contribution < -0.4 is 5.32 Å². The van der Waals surface area contributed by atoms with Gasteiger partial charge < -0.3 is 20.1 Å². The molecule has 10 heteroatoms. The molecule has 37 heavy (non-hydrogen) atoms. The first-order chi connectivity index (χ1) is 17.2. The standard InChI is InChI=1S/C27H34N6O4/c1-26(2,3)24(35)28-19-12-10-18(11-13-19)22-29-31-23(32-30-22)21(16-17-8-14-20(34)15-9-17)33(7)25(36)37-27(4,5)6/h8-15,21,34H,16H2,1-7H3,(H,28,35). The predicted molar refractivity (Wildman–Crippen MR) is 140 cm³/mol. The van der Waals surface area contributed by atoms with E-state index >= 15 is 0 Å². The number of rotatable bonds is 6. The van der Waals surface area contributed by atoms with Crippen molar-refractivity contribution in [1.29, 1.82) is 0 Å². The molecule has 3 aromatic rings. The third-order valence-corrected chi connectivity index (χ3v) is 5.39. The quantitative estimate of drug-likeness (QED) is 0.489. The van der Waals surface area contributed by atoms with Crippen molar-refractivity contribution in [2.45, 2.75) is 59.6 Å². The van der Waals surface area contributed by atoms with Crippen LogP contribution in [-0.2, 0) is 16.0 Å². The van der Waals surface area contributed by atoms with Crippen molar-refractivity contribution in [2.24, 2.45) is 5.41 Å². The highest BCUT2D eigenvalue weighted by Gasteiger charge is 2.29. The van der Waals surface area contributed by atoms with E-state index in [4.69, 9.17) is 4.74 Å². The minimum absolute atomic E-state index is 0.0852. The summed E-state index contributed by atoms with van der Waals surface area (Å²) in [5.41, 5.74) is 1.02. The number of nitrogens with zero attached hydrogens (tertiary/aromatic N) is 5. The number of carbonyl (C=O) groups is 2. The lowest BCUT2D eigenvalue weighted by molar-refractivity contribution is -0.123. The number of benzene rings is 2. The minimum Gasteiger partial charge on any atom is -0.508 e. The summed E-state index contributed by atoms with van der Waals surface area (Å²) in [7, 11) is 1.61. The second-order valence-corrected chi connectivity index (χ2v) is 10.8. The second kappa shape index (κ2) is 10.9. The molecule has 1 unspecified atom stereocenters. The summed E-state index contributed by atoms with van der Waals surface area (Å²) in [6.07, 6.45) is -0.169. The van der Waals surface area contributed by atoms with E-state index < -0.39 is 23.2 Å². The Balaban J connectivity index is 1.83. The van der Waals surface area contributed by atoms with Gasteiger partial charge in [-0.25, -0.2) is 4.79 Å². The number of hydrogen-bond donors (Lipinski definition) is 2. The summed E-state index contributed by atoms with van der Waals surface area (Å²) in [6, 6.07) is 13.2. The van der Waals surface area contributed by atoms with Gasteiger partial charge in [-0.2, -0.15) is 0 Å². The number of anilines is 1. The van der Waals surface area contributed by atoms with Gasteiger partial charge in [0.15, 0.2) is 5.82 Å². The normalized spacial score (nSPS) is 12.5. The Morgan fingerprint density at radius 1 is 0.919 bits per heavy atom. The number of likely N-dealkylation sites (N-methyl/N-ethyl adjacent to an activating group) is 1. The molecule has 0 bridgehead atoms. The molecule has 0 saturated heterocycles. The molecule has 1 heterocycles. The summed E-state index contributed by atoms with van der Waals surface area (Å²) in [5.74, 6) is 0.617. The molecule has 196 valence electrons. The van der Waals surface area contributed by atoms with Crippen molar-refractivity contribution in [3.63, 3.8) is 0 Å². The lowest BCUT2D eigenvalue weighted by atomic mass is 9.95. The lowest BCUT2D eigenvalue weighted by Gasteiger charge is -2.29. The van der Waals surface area contributed by atoms with Gasteiger partial charge in [0.2, 0.25) is 11.7 Å². The number of hydrogen-bond acceptors (Lipinski definition) is 8. The van der Waals surface area contributed by atoms with Gasteiger partial charge in [0.1, 0.15) is 17.4 Å². The van der Waals surface area contributed by atoms with Gasteiger partial charge in [0.25, 0.3) is 0 Å². The van der Waals surface area contributed by atoms with Gasteiger partial charge in [-0.3, -0.25) is 4.79 Å². The molecule has 0 aliphatic heterocycles. The van der Waals surface area contributed by atoms with Crippen LogP contribution >= 0.6 is 0 Å². The van der Waals surface area contributed by atoms with E-state index in [9.17, 15) is 14.7 Å². The average Bonchev–Trinajstić information content (AvgIpc) is 2.82. The number of phenols is 1. The predicted octanol–water partition coefficient (Wildman–Crippen LogP) is 4.77. The smallest absolute Gasteiger partial charge is 0.410 e. The van der Waals surface area contributed by atoms with Crippen LogP contribution in [0.15, 0.2) is 48.5 Å². The maximum Gasteiger partial charge on any atom is 0.410 e. The summed E-state index contributed by atoms with van der Waals surface area (Å²) in [5, 5.41) is 29.5. The molecule has 1 aromatic heterocycles. The largest absolute Gasteiger partial charge is 0.508 e. The Labute approximate surface area is 217 Å².